The number of carbonyl (C=O) groups excluding carboxylic acids is 1. The molecule has 1 saturated heterocycles. The van der Waals surface area contributed by atoms with Gasteiger partial charge in [0.1, 0.15) is 11.9 Å². The molecule has 4 N–H and O–H groups in total. The number of nitrogen functional groups attached to an aromatic ring is 1. The van der Waals surface area contributed by atoms with E-state index in [0.29, 0.717) is 16.9 Å². The molecule has 1 aliphatic heterocycles. The fourth-order valence-electron chi connectivity index (χ4n) is 3.14. The van der Waals surface area contributed by atoms with Crippen LogP contribution in [0.3, 0.4) is 0 Å². The van der Waals surface area contributed by atoms with Gasteiger partial charge < -0.3 is 20.8 Å². The second-order valence-electron chi connectivity index (χ2n) is 6.38. The maximum absolute atomic E-state index is 12.5. The van der Waals surface area contributed by atoms with Crippen molar-refractivity contribution in [3.05, 3.63) is 53.3 Å². The number of hydrogen-bond acceptors (Lipinski definition) is 4. The highest BCUT2D eigenvalue weighted by atomic mass is 35.5. The maximum atomic E-state index is 12.5. The Morgan fingerprint density at radius 1 is 1.26 bits per heavy atom. The molecule has 2 heterocycles. The summed E-state index contributed by atoms with van der Waals surface area (Å²) in [6.07, 6.45) is 2.08. The number of fused-ring (bicyclic) bond motifs is 1. The first-order valence-electron chi connectivity index (χ1n) is 8.39. The molecule has 8 heteroatoms. The second kappa shape index (κ2) is 8.61. The highest BCUT2D eigenvalue weighted by molar-refractivity contribution is 6.06. The normalized spacial score (nSPS) is 15.8. The lowest BCUT2D eigenvalue weighted by Crippen LogP contribution is -2.13. The molecule has 0 aliphatic carbocycles. The molecule has 1 aromatic heterocycles. The number of nitrogens with one attached hydrogen (secondary N) is 2. The molecule has 1 unspecified atom stereocenters. The van der Waals surface area contributed by atoms with Crippen LogP contribution in [0.15, 0.2) is 36.4 Å². The smallest absolute Gasteiger partial charge is 0.256 e. The third-order valence-corrected chi connectivity index (χ3v) is 4.50. The molecule has 27 heavy (non-hydrogen) atoms. The number of imidazole rings is 1. The molecular formula is C19H22Cl2N4O2. The van der Waals surface area contributed by atoms with Gasteiger partial charge in [0.2, 0.25) is 0 Å². The highest BCUT2D eigenvalue weighted by Crippen LogP contribution is 2.28. The summed E-state index contributed by atoms with van der Waals surface area (Å²) in [6.45, 7) is 2.67. The largest absolute Gasteiger partial charge is 0.399 e. The number of amides is 1. The maximum Gasteiger partial charge on any atom is 0.256 e. The van der Waals surface area contributed by atoms with E-state index in [9.17, 15) is 4.79 Å². The third kappa shape index (κ3) is 4.35. The van der Waals surface area contributed by atoms with Gasteiger partial charge in [0.25, 0.3) is 5.91 Å². The molecule has 144 valence electrons. The number of hydrogen-bond donors (Lipinski definition) is 3. The number of anilines is 2. The van der Waals surface area contributed by atoms with Gasteiger partial charge in [-0.25, -0.2) is 4.98 Å². The van der Waals surface area contributed by atoms with Gasteiger partial charge in [0.05, 0.1) is 11.0 Å². The van der Waals surface area contributed by atoms with Crippen molar-refractivity contribution in [3.63, 3.8) is 0 Å². The average Bonchev–Trinajstić information content (AvgIpc) is 3.25. The topological polar surface area (TPSA) is 93.0 Å². The quantitative estimate of drug-likeness (QED) is 0.559. The lowest BCUT2D eigenvalue weighted by Gasteiger charge is -2.08. The predicted octanol–water partition coefficient (Wildman–Crippen LogP) is 4.40. The summed E-state index contributed by atoms with van der Waals surface area (Å²) >= 11 is 0. The predicted molar refractivity (Wildman–Crippen MR) is 112 cm³/mol. The first-order chi connectivity index (χ1) is 12.1. The van der Waals surface area contributed by atoms with Crippen LogP contribution in [0.1, 0.15) is 40.7 Å². The SMILES string of the molecule is Cc1ccc(N)cc1C(=O)Nc1ccc2nc(C3CCCO3)[nH]c2c1.Cl.Cl. The summed E-state index contributed by atoms with van der Waals surface area (Å²) in [4.78, 5) is 20.4. The summed E-state index contributed by atoms with van der Waals surface area (Å²) < 4.78 is 5.67. The number of carbonyl (C=O) groups is 1. The van der Waals surface area contributed by atoms with Gasteiger partial charge in [0, 0.05) is 23.5 Å². The Morgan fingerprint density at radius 3 is 2.81 bits per heavy atom. The number of rotatable bonds is 3. The van der Waals surface area contributed by atoms with Crippen molar-refractivity contribution in [2.45, 2.75) is 25.9 Å². The Morgan fingerprint density at radius 2 is 2.07 bits per heavy atom. The first-order valence-corrected chi connectivity index (χ1v) is 8.39. The van der Waals surface area contributed by atoms with Gasteiger partial charge in [0.15, 0.2) is 0 Å². The molecule has 1 atom stereocenters. The van der Waals surface area contributed by atoms with E-state index in [4.69, 9.17) is 10.5 Å². The van der Waals surface area contributed by atoms with Crippen molar-refractivity contribution in [2.75, 3.05) is 17.7 Å². The van der Waals surface area contributed by atoms with Crippen LogP contribution >= 0.6 is 24.8 Å². The molecule has 1 aliphatic rings. The van der Waals surface area contributed by atoms with E-state index in [1.807, 2.05) is 31.2 Å². The van der Waals surface area contributed by atoms with E-state index in [2.05, 4.69) is 15.3 Å². The Bertz CT molecular complexity index is 952. The van der Waals surface area contributed by atoms with Crippen LogP contribution in [0.4, 0.5) is 11.4 Å². The molecular weight excluding hydrogens is 387 g/mol. The van der Waals surface area contributed by atoms with Crippen LogP contribution in [0.2, 0.25) is 0 Å². The standard InChI is InChI=1S/C19H20N4O2.2ClH/c1-11-4-5-12(20)9-14(11)19(24)21-13-6-7-15-16(10-13)23-18(22-15)17-3-2-8-25-17;;/h4-7,9-10,17H,2-3,8,20H2,1H3,(H,21,24)(H,22,23);2*1H. The van der Waals surface area contributed by atoms with E-state index < -0.39 is 0 Å². The van der Waals surface area contributed by atoms with E-state index in [1.165, 1.54) is 0 Å². The number of H-pyrrole nitrogens is 1. The number of aromatic amines is 1. The summed E-state index contributed by atoms with van der Waals surface area (Å²) in [6, 6.07) is 11.0. The van der Waals surface area contributed by atoms with Gasteiger partial charge in [-0.3, -0.25) is 4.79 Å². The van der Waals surface area contributed by atoms with Crippen molar-refractivity contribution in [2.24, 2.45) is 0 Å². The first kappa shape index (κ1) is 21.0. The lowest BCUT2D eigenvalue weighted by atomic mass is 10.1. The zero-order valence-electron chi connectivity index (χ0n) is 14.8. The molecule has 0 bridgehead atoms. The van der Waals surface area contributed by atoms with Crippen molar-refractivity contribution in [3.8, 4) is 0 Å². The minimum absolute atomic E-state index is 0. The summed E-state index contributed by atoms with van der Waals surface area (Å²) in [7, 11) is 0. The molecule has 0 spiro atoms. The summed E-state index contributed by atoms with van der Waals surface area (Å²) in [5.41, 5.74) is 10.3. The fraction of sp³-hybridized carbons (Fsp3) is 0.263. The molecule has 0 radical (unpaired) electrons. The van der Waals surface area contributed by atoms with Gasteiger partial charge in [-0.1, -0.05) is 6.07 Å². The molecule has 4 rings (SSSR count). The third-order valence-electron chi connectivity index (χ3n) is 4.50. The monoisotopic (exact) mass is 408 g/mol. The summed E-state index contributed by atoms with van der Waals surface area (Å²) in [5.74, 6) is 0.672. The fourth-order valence-corrected chi connectivity index (χ4v) is 3.14. The minimum Gasteiger partial charge on any atom is -0.399 e. The van der Waals surface area contributed by atoms with Crippen molar-refractivity contribution in [1.29, 1.82) is 0 Å². The van der Waals surface area contributed by atoms with Gasteiger partial charge >= 0.3 is 0 Å². The molecule has 0 saturated carbocycles. The zero-order chi connectivity index (χ0) is 17.4. The molecule has 2 aromatic carbocycles. The Kier molecular flexibility index (Phi) is 6.70. The lowest BCUT2D eigenvalue weighted by molar-refractivity contribution is 0.102. The number of ether oxygens (including phenoxy) is 1. The number of aromatic nitrogens is 2. The van der Waals surface area contributed by atoms with Crippen molar-refractivity contribution in [1.82, 2.24) is 9.97 Å². The number of aryl methyl sites for hydroxylation is 1. The number of benzene rings is 2. The Hall–Kier alpha value is -2.28. The summed E-state index contributed by atoms with van der Waals surface area (Å²) in [5, 5.41) is 2.92. The average molecular weight is 409 g/mol. The van der Waals surface area contributed by atoms with E-state index in [1.54, 1.807) is 12.1 Å². The second-order valence-corrected chi connectivity index (χ2v) is 6.38. The van der Waals surface area contributed by atoms with Gasteiger partial charge in [-0.05, 0) is 55.7 Å². The molecule has 3 aromatic rings. The number of nitrogens with zero attached hydrogens (tertiary/aromatic N) is 1. The van der Waals surface area contributed by atoms with E-state index >= 15 is 0 Å². The van der Waals surface area contributed by atoms with Crippen LogP contribution in [0.25, 0.3) is 11.0 Å². The minimum atomic E-state index is -0.178. The Balaban J connectivity index is 0.00000131. The van der Waals surface area contributed by atoms with Crippen LogP contribution in [0, 0.1) is 6.92 Å². The van der Waals surface area contributed by atoms with E-state index in [0.717, 1.165) is 41.9 Å². The number of nitrogens with two attached hydrogens (primary N) is 1. The zero-order valence-corrected chi connectivity index (χ0v) is 16.5. The van der Waals surface area contributed by atoms with Crippen molar-refractivity contribution < 1.29 is 9.53 Å². The Labute approximate surface area is 169 Å². The van der Waals surface area contributed by atoms with Crippen LogP contribution in [-0.2, 0) is 4.74 Å². The molecule has 6 nitrogen and oxygen atoms in total. The van der Waals surface area contributed by atoms with Gasteiger partial charge in [-0.15, -0.1) is 24.8 Å². The highest BCUT2D eigenvalue weighted by Gasteiger charge is 2.21. The van der Waals surface area contributed by atoms with Crippen LogP contribution in [0.5, 0.6) is 0 Å². The number of halogens is 2. The van der Waals surface area contributed by atoms with Crippen molar-refractivity contribution >= 4 is 53.1 Å². The molecule has 1 fully saturated rings. The van der Waals surface area contributed by atoms with Gasteiger partial charge in [-0.2, -0.15) is 0 Å². The van der Waals surface area contributed by atoms with Crippen LogP contribution in [-0.4, -0.2) is 22.5 Å². The van der Waals surface area contributed by atoms with Crippen LogP contribution < -0.4 is 11.1 Å². The molecule has 1 amide bonds. The van der Waals surface area contributed by atoms with E-state index in [-0.39, 0.29) is 36.8 Å².